The fourth-order valence-corrected chi connectivity index (χ4v) is 1.94. The van der Waals surface area contributed by atoms with Crippen LogP contribution in [0, 0.1) is 12.0 Å². The Labute approximate surface area is 124 Å². The fraction of sp³-hybridized carbons (Fsp3) is 0.600. The first-order valence-electron chi connectivity index (χ1n) is 4.24. The van der Waals surface area contributed by atoms with Crippen molar-refractivity contribution in [2.24, 2.45) is 5.92 Å². The Balaban J connectivity index is -0.000000302. The van der Waals surface area contributed by atoms with Gasteiger partial charge in [0.05, 0.1) is 0 Å². The Hall–Kier alpha value is 1.23. The molecule has 0 aromatic heterocycles. The zero-order valence-corrected chi connectivity index (χ0v) is 12.6. The Morgan fingerprint density at radius 1 is 1.07 bits per heavy atom. The van der Waals surface area contributed by atoms with Crippen molar-refractivity contribution in [1.29, 1.82) is 0 Å². The first-order chi connectivity index (χ1) is 4.97. The van der Waals surface area contributed by atoms with Gasteiger partial charge in [-0.05, 0) is 18.8 Å². The zero-order valence-electron chi connectivity index (χ0n) is 7.90. The molecule has 1 saturated carbocycles. The van der Waals surface area contributed by atoms with Gasteiger partial charge in [0, 0.05) is 0 Å². The predicted molar refractivity (Wildman–Crippen MR) is 42.5 cm³/mol. The van der Waals surface area contributed by atoms with Crippen molar-refractivity contribution in [2.45, 2.75) is 32.1 Å². The molecule has 2 rings (SSSR count). The number of allylic oxidation sites excluding steroid dienone is 4. The van der Waals surface area contributed by atoms with Gasteiger partial charge < -0.3 is 37.2 Å². The molecule has 0 saturated heterocycles. The number of hydrogen-bond acceptors (Lipinski definition) is 0. The van der Waals surface area contributed by atoms with Gasteiger partial charge in [0.25, 0.3) is 0 Å². The molecule has 0 atom stereocenters. The summed E-state index contributed by atoms with van der Waals surface area (Å²) in [4.78, 5) is 0. The Morgan fingerprint density at radius 2 is 1.64 bits per heavy atom. The Morgan fingerprint density at radius 3 is 2.07 bits per heavy atom. The number of rotatable bonds is 1. The van der Waals surface area contributed by atoms with Crippen molar-refractivity contribution in [3.8, 4) is 0 Å². The first kappa shape index (κ1) is 20.6. The summed E-state index contributed by atoms with van der Waals surface area (Å²) in [7, 11) is 0. The largest absolute Gasteiger partial charge is 4.00 e. The van der Waals surface area contributed by atoms with Gasteiger partial charge >= 0.3 is 26.2 Å². The second kappa shape index (κ2) is 10.7. The summed E-state index contributed by atoms with van der Waals surface area (Å²) in [6, 6.07) is 0. The Kier molecular flexibility index (Phi) is 15.8. The van der Waals surface area contributed by atoms with Gasteiger partial charge in [-0.15, -0.1) is 6.42 Å². The summed E-state index contributed by atoms with van der Waals surface area (Å²) in [5, 5.41) is 0. The van der Waals surface area contributed by atoms with Crippen LogP contribution in [0.3, 0.4) is 0 Å². The molecule has 1 fully saturated rings. The smallest absolute Gasteiger partial charge is 1.00 e. The maximum Gasteiger partial charge on any atom is 4.00 e. The van der Waals surface area contributed by atoms with Crippen molar-refractivity contribution in [2.75, 3.05) is 0 Å². The van der Waals surface area contributed by atoms with Crippen LogP contribution >= 0.6 is 0 Å². The quantitative estimate of drug-likeness (QED) is 0.420. The van der Waals surface area contributed by atoms with Crippen LogP contribution in [0.1, 0.15) is 32.1 Å². The summed E-state index contributed by atoms with van der Waals surface area (Å²) >= 11 is 0. The molecule has 14 heavy (non-hydrogen) atoms. The van der Waals surface area contributed by atoms with Crippen molar-refractivity contribution in [3.63, 3.8) is 0 Å². The third-order valence-corrected chi connectivity index (χ3v) is 2.52. The van der Waals surface area contributed by atoms with Crippen molar-refractivity contribution in [3.05, 3.63) is 23.8 Å². The molecule has 0 aromatic carbocycles. The van der Waals surface area contributed by atoms with E-state index in [1.807, 2.05) is 0 Å². The van der Waals surface area contributed by atoms with Gasteiger partial charge in [-0.3, -0.25) is 6.08 Å². The zero-order chi connectivity index (χ0) is 6.81. The Bertz CT molecular complexity index is 184. The van der Waals surface area contributed by atoms with Gasteiger partial charge in [0.1, 0.15) is 0 Å². The molecule has 0 amide bonds. The minimum Gasteiger partial charge on any atom is -1.00 e. The van der Waals surface area contributed by atoms with Crippen molar-refractivity contribution in [1.82, 2.24) is 0 Å². The van der Waals surface area contributed by atoms with Crippen LogP contribution in [0.4, 0.5) is 0 Å². The second-order valence-electron chi connectivity index (χ2n) is 3.22. The molecule has 0 radical (unpaired) electrons. The maximum absolute atomic E-state index is 3.40. The standard InChI is InChI=1S/C10H13.3ClH.Zr/c1-2-6-9(5-1)10-7-3-4-8-10;;;;/h1,5,10H,2-4,7-8H2;3*1H;/q-1;;;;+4/p-3. The van der Waals surface area contributed by atoms with E-state index in [0.717, 1.165) is 12.3 Å². The molecule has 78 valence electrons. The van der Waals surface area contributed by atoms with Gasteiger partial charge in [-0.2, -0.15) is 6.08 Å². The predicted octanol–water partition coefficient (Wildman–Crippen LogP) is -6.12. The van der Waals surface area contributed by atoms with Crippen molar-refractivity contribution >= 4 is 0 Å². The van der Waals surface area contributed by atoms with Crippen LogP contribution in [0.5, 0.6) is 0 Å². The van der Waals surface area contributed by atoms with E-state index in [0.29, 0.717) is 0 Å². The molecule has 0 spiro atoms. The van der Waals surface area contributed by atoms with Crippen LogP contribution in [-0.4, -0.2) is 0 Å². The summed E-state index contributed by atoms with van der Waals surface area (Å²) in [5.74, 6) is 0.874. The van der Waals surface area contributed by atoms with E-state index in [4.69, 9.17) is 0 Å². The normalized spacial score (nSPS) is 18.4. The monoisotopic (exact) mass is 328 g/mol. The SMILES string of the molecule is [C-]1=C(C2CCCC2)C=CC1.[Cl-].[Cl-].[Cl-].[Zr+4]. The van der Waals surface area contributed by atoms with Crippen LogP contribution in [0.25, 0.3) is 0 Å². The number of hydrogen-bond donors (Lipinski definition) is 0. The van der Waals surface area contributed by atoms with E-state index in [1.165, 1.54) is 31.3 Å². The van der Waals surface area contributed by atoms with Crippen LogP contribution in [0.2, 0.25) is 0 Å². The molecule has 0 unspecified atom stereocenters. The minimum atomic E-state index is 0. The van der Waals surface area contributed by atoms with E-state index in [2.05, 4.69) is 18.2 Å². The van der Waals surface area contributed by atoms with Crippen LogP contribution in [-0.2, 0) is 26.2 Å². The summed E-state index contributed by atoms with van der Waals surface area (Å²) in [6.07, 6.45) is 14.6. The minimum absolute atomic E-state index is 0. The average Bonchev–Trinajstić information content (AvgIpc) is 2.59. The second-order valence-corrected chi connectivity index (χ2v) is 3.22. The van der Waals surface area contributed by atoms with E-state index in [-0.39, 0.29) is 63.4 Å². The topological polar surface area (TPSA) is 0 Å². The van der Waals surface area contributed by atoms with E-state index in [1.54, 1.807) is 0 Å². The van der Waals surface area contributed by atoms with Gasteiger partial charge in [-0.25, -0.2) is 11.6 Å². The molecule has 0 bridgehead atoms. The number of halogens is 3. The van der Waals surface area contributed by atoms with Gasteiger partial charge in [-0.1, -0.05) is 12.8 Å². The molecule has 4 heteroatoms. The third kappa shape index (κ3) is 5.35. The third-order valence-electron chi connectivity index (χ3n) is 2.52. The van der Waals surface area contributed by atoms with Gasteiger partial charge in [0.15, 0.2) is 0 Å². The average molecular weight is 331 g/mol. The molecule has 0 heterocycles. The van der Waals surface area contributed by atoms with E-state index in [9.17, 15) is 0 Å². The van der Waals surface area contributed by atoms with Crippen molar-refractivity contribution < 1.29 is 63.4 Å². The first-order valence-corrected chi connectivity index (χ1v) is 4.24. The van der Waals surface area contributed by atoms with E-state index < -0.39 is 0 Å². The molecule has 0 aromatic rings. The molecule has 0 nitrogen and oxygen atoms in total. The van der Waals surface area contributed by atoms with Crippen LogP contribution < -0.4 is 37.2 Å². The molecule has 2 aliphatic rings. The fourth-order valence-electron chi connectivity index (χ4n) is 1.94. The van der Waals surface area contributed by atoms with Gasteiger partial charge in [0.2, 0.25) is 0 Å². The molecular formula is C10H13Cl3Zr. The van der Waals surface area contributed by atoms with E-state index >= 15 is 0 Å². The molecule has 0 N–H and O–H groups in total. The molecular weight excluding hydrogens is 318 g/mol. The van der Waals surface area contributed by atoms with Crippen LogP contribution in [0.15, 0.2) is 17.7 Å². The maximum atomic E-state index is 3.40. The summed E-state index contributed by atoms with van der Waals surface area (Å²) in [6.45, 7) is 0. The summed E-state index contributed by atoms with van der Waals surface area (Å²) < 4.78 is 0. The molecule has 2 aliphatic carbocycles. The molecule has 0 aliphatic heterocycles. The summed E-state index contributed by atoms with van der Waals surface area (Å²) in [5.41, 5.74) is 1.50.